The number of nitrogens with two attached hydrogens (primary N) is 1. The Hall–Kier alpha value is -3.19. The summed E-state index contributed by atoms with van der Waals surface area (Å²) < 4.78 is 30.7. The SMILES string of the molecule is COc1ccc(CCC2=CC=C3C(N)=CN=C4C(/C=C(\F)P(=O)(O)O)=CC=CC34N2)c(C)c1. The normalized spacial score (nSPS) is 22.1. The standard InChI is InChI=1S/C24H25FN3O4P/c1-15-12-19(32-2)9-6-16(15)5-7-18-8-10-20-21(26)14-27-23-17(13-22(25)33(29,30)31)4-3-11-24(20,23)28-18/h3-4,6,8-14,28H,5,7,26H2,1-2H3,(H2,29,30,31)/b22-13+. The van der Waals surface area contributed by atoms with E-state index >= 15 is 0 Å². The lowest BCUT2D eigenvalue weighted by molar-refractivity contribution is 0.368. The minimum absolute atomic E-state index is 0.257. The van der Waals surface area contributed by atoms with Crippen molar-refractivity contribution in [2.75, 3.05) is 7.11 Å². The smallest absolute Gasteiger partial charge is 0.384 e. The second-order valence-corrected chi connectivity index (χ2v) is 9.57. The van der Waals surface area contributed by atoms with E-state index in [0.717, 1.165) is 35.1 Å². The first-order valence-corrected chi connectivity index (χ1v) is 12.0. The van der Waals surface area contributed by atoms with Crippen LogP contribution in [0.5, 0.6) is 5.75 Å². The van der Waals surface area contributed by atoms with E-state index < -0.39 is 18.7 Å². The Bertz CT molecular complexity index is 1270. The van der Waals surface area contributed by atoms with Gasteiger partial charge in [0.2, 0.25) is 5.57 Å². The monoisotopic (exact) mass is 469 g/mol. The topological polar surface area (TPSA) is 117 Å². The number of rotatable bonds is 6. The largest absolute Gasteiger partial charge is 0.497 e. The molecule has 172 valence electrons. The van der Waals surface area contributed by atoms with Crippen LogP contribution in [0.1, 0.15) is 17.5 Å². The van der Waals surface area contributed by atoms with Crippen LogP contribution >= 0.6 is 7.60 Å². The van der Waals surface area contributed by atoms with Crippen LogP contribution in [-0.4, -0.2) is 28.1 Å². The number of nitrogens with zero attached hydrogens (tertiary/aromatic N) is 1. The predicted molar refractivity (Wildman–Crippen MR) is 126 cm³/mol. The first-order valence-electron chi connectivity index (χ1n) is 10.3. The molecule has 0 aromatic heterocycles. The molecule has 3 aliphatic rings. The highest BCUT2D eigenvalue weighted by molar-refractivity contribution is 7.56. The van der Waals surface area contributed by atoms with Crippen molar-refractivity contribution in [1.29, 1.82) is 0 Å². The Kier molecular flexibility index (Phi) is 6.01. The molecule has 1 aliphatic carbocycles. The number of hydrogen-bond donors (Lipinski definition) is 4. The molecule has 0 bridgehead atoms. The molecule has 0 saturated heterocycles. The Morgan fingerprint density at radius 3 is 2.79 bits per heavy atom. The molecule has 4 rings (SSSR count). The number of ether oxygens (including phenoxy) is 1. The van der Waals surface area contributed by atoms with Crippen LogP contribution in [0, 0.1) is 6.92 Å². The zero-order chi connectivity index (χ0) is 23.8. The quantitative estimate of drug-likeness (QED) is 0.471. The van der Waals surface area contributed by atoms with E-state index in [2.05, 4.69) is 10.3 Å². The summed E-state index contributed by atoms with van der Waals surface area (Å²) in [5.74, 6) is 0.810. The molecule has 1 spiro atoms. The summed E-state index contributed by atoms with van der Waals surface area (Å²) in [6.45, 7) is 2.04. The summed E-state index contributed by atoms with van der Waals surface area (Å²) in [4.78, 5) is 22.7. The summed E-state index contributed by atoms with van der Waals surface area (Å²) in [5, 5.41) is 3.50. The average Bonchev–Trinajstić information content (AvgIpc) is 2.77. The van der Waals surface area contributed by atoms with Crippen LogP contribution in [0.2, 0.25) is 0 Å². The van der Waals surface area contributed by atoms with Crippen LogP contribution in [0.4, 0.5) is 4.39 Å². The molecule has 7 nitrogen and oxygen atoms in total. The molecule has 1 aromatic carbocycles. The zero-order valence-electron chi connectivity index (χ0n) is 18.2. The Morgan fingerprint density at radius 1 is 1.30 bits per heavy atom. The second-order valence-electron chi connectivity index (χ2n) is 8.05. The van der Waals surface area contributed by atoms with Gasteiger partial charge in [-0.15, -0.1) is 0 Å². The van der Waals surface area contributed by atoms with Gasteiger partial charge in [-0.2, -0.15) is 4.39 Å². The van der Waals surface area contributed by atoms with Crippen molar-refractivity contribution in [3.8, 4) is 5.75 Å². The molecule has 5 N–H and O–H groups in total. The molecule has 0 fully saturated rings. The number of allylic oxidation sites excluding steroid dienone is 6. The number of hydrogen-bond acceptors (Lipinski definition) is 5. The number of dihydropyridines is 1. The second kappa shape index (κ2) is 8.63. The molecule has 9 heteroatoms. The number of nitrogens with one attached hydrogen (secondary N) is 1. The van der Waals surface area contributed by atoms with Gasteiger partial charge in [0, 0.05) is 16.8 Å². The molecule has 2 aliphatic heterocycles. The van der Waals surface area contributed by atoms with Crippen LogP contribution in [0.3, 0.4) is 0 Å². The Morgan fingerprint density at radius 2 is 2.09 bits per heavy atom. The van der Waals surface area contributed by atoms with E-state index in [1.165, 1.54) is 11.8 Å². The van der Waals surface area contributed by atoms with Crippen LogP contribution in [0.25, 0.3) is 0 Å². The number of benzene rings is 1. The van der Waals surface area contributed by atoms with Crippen molar-refractivity contribution in [2.45, 2.75) is 25.3 Å². The molecule has 1 unspecified atom stereocenters. The van der Waals surface area contributed by atoms with Crippen molar-refractivity contribution in [1.82, 2.24) is 5.32 Å². The maximum absolute atomic E-state index is 14.1. The van der Waals surface area contributed by atoms with Crippen molar-refractivity contribution >= 4 is 13.3 Å². The lowest BCUT2D eigenvalue weighted by Gasteiger charge is -2.43. The van der Waals surface area contributed by atoms with Gasteiger partial charge >= 0.3 is 7.60 Å². The van der Waals surface area contributed by atoms with Gasteiger partial charge in [-0.05, 0) is 61.3 Å². The van der Waals surface area contributed by atoms with Gasteiger partial charge in [0.05, 0.1) is 24.7 Å². The van der Waals surface area contributed by atoms with Gasteiger partial charge in [0.15, 0.2) is 0 Å². The molecule has 0 saturated carbocycles. The predicted octanol–water partition coefficient (Wildman–Crippen LogP) is 3.83. The third-order valence-corrected chi connectivity index (χ3v) is 6.60. The maximum Gasteiger partial charge on any atom is 0.384 e. The highest BCUT2D eigenvalue weighted by atomic mass is 31.2. The van der Waals surface area contributed by atoms with E-state index in [9.17, 15) is 8.96 Å². The molecule has 0 radical (unpaired) electrons. The van der Waals surface area contributed by atoms with E-state index in [1.807, 2.05) is 43.4 Å². The van der Waals surface area contributed by atoms with Crippen LogP contribution < -0.4 is 15.8 Å². The van der Waals surface area contributed by atoms with Crippen molar-refractivity contribution in [3.63, 3.8) is 0 Å². The summed E-state index contributed by atoms with van der Waals surface area (Å²) in [6.07, 6.45) is 12.8. The van der Waals surface area contributed by atoms with Gasteiger partial charge in [-0.3, -0.25) is 9.56 Å². The van der Waals surface area contributed by atoms with Gasteiger partial charge in [-0.1, -0.05) is 24.3 Å². The van der Waals surface area contributed by atoms with E-state index in [1.54, 1.807) is 19.3 Å². The van der Waals surface area contributed by atoms with Crippen molar-refractivity contribution < 1.29 is 23.5 Å². The van der Waals surface area contributed by atoms with Crippen LogP contribution in [0.15, 0.2) is 94.0 Å². The Labute approximate surface area is 191 Å². The van der Waals surface area contributed by atoms with E-state index in [-0.39, 0.29) is 5.57 Å². The zero-order valence-corrected chi connectivity index (χ0v) is 19.1. The number of aryl methyl sites for hydroxylation is 2. The molecule has 1 aromatic rings. The fourth-order valence-corrected chi connectivity index (χ4v) is 4.51. The van der Waals surface area contributed by atoms with Gasteiger partial charge in [0.25, 0.3) is 0 Å². The highest BCUT2D eigenvalue weighted by Gasteiger charge is 2.44. The first kappa shape index (κ1) is 23.0. The molecule has 2 heterocycles. The number of halogens is 1. The fourth-order valence-electron chi connectivity index (χ4n) is 4.20. The highest BCUT2D eigenvalue weighted by Crippen LogP contribution is 2.47. The van der Waals surface area contributed by atoms with Crippen molar-refractivity contribution in [2.24, 2.45) is 10.7 Å². The molecular formula is C24H25FN3O4P. The van der Waals surface area contributed by atoms with E-state index in [4.69, 9.17) is 20.3 Å². The summed E-state index contributed by atoms with van der Waals surface area (Å²) in [6, 6.07) is 5.97. The minimum atomic E-state index is -5.01. The van der Waals surface area contributed by atoms with Gasteiger partial charge < -0.3 is 25.6 Å². The average molecular weight is 469 g/mol. The molecule has 0 amide bonds. The van der Waals surface area contributed by atoms with Crippen molar-refractivity contribution in [3.05, 3.63) is 100 Å². The lowest BCUT2D eigenvalue weighted by atomic mass is 9.74. The minimum Gasteiger partial charge on any atom is -0.497 e. The Balaban J connectivity index is 1.63. The number of aliphatic imine (C=N–C) groups is 1. The summed E-state index contributed by atoms with van der Waals surface area (Å²) in [7, 11) is -3.37. The first-order chi connectivity index (χ1) is 15.6. The van der Waals surface area contributed by atoms with Gasteiger partial charge in [-0.25, -0.2) is 0 Å². The van der Waals surface area contributed by atoms with E-state index in [0.29, 0.717) is 17.8 Å². The summed E-state index contributed by atoms with van der Waals surface area (Å²) in [5.41, 5.74) is 8.86. The molecule has 33 heavy (non-hydrogen) atoms. The molecule has 1 atom stereocenters. The maximum atomic E-state index is 14.1. The molecular weight excluding hydrogens is 444 g/mol. The third kappa shape index (κ3) is 4.37. The fraction of sp³-hybridized carbons (Fsp3) is 0.208. The lowest BCUT2D eigenvalue weighted by Crippen LogP contribution is -2.56. The van der Waals surface area contributed by atoms with Gasteiger partial charge in [0.1, 0.15) is 11.3 Å². The van der Waals surface area contributed by atoms with Crippen LogP contribution in [-0.2, 0) is 11.0 Å². The summed E-state index contributed by atoms with van der Waals surface area (Å²) >= 11 is 0. The number of methoxy groups -OCH3 is 1. The third-order valence-electron chi connectivity index (χ3n) is 5.91.